The highest BCUT2D eigenvalue weighted by molar-refractivity contribution is 5.94. The molecule has 2 amide bonds. The third-order valence-corrected chi connectivity index (χ3v) is 3.80. The van der Waals surface area contributed by atoms with Crippen molar-refractivity contribution in [1.29, 1.82) is 0 Å². The first-order chi connectivity index (χ1) is 12.1. The summed E-state index contributed by atoms with van der Waals surface area (Å²) < 4.78 is 18.3. The topological polar surface area (TPSA) is 67.4 Å². The normalized spacial score (nSPS) is 13.2. The minimum absolute atomic E-state index is 0.0460. The lowest BCUT2D eigenvalue weighted by Gasteiger charge is -2.09. The van der Waals surface area contributed by atoms with E-state index >= 15 is 0 Å². The Morgan fingerprint density at radius 1 is 1.12 bits per heavy atom. The van der Waals surface area contributed by atoms with Gasteiger partial charge in [-0.3, -0.25) is 9.59 Å². The molecule has 0 saturated heterocycles. The van der Waals surface area contributed by atoms with E-state index in [2.05, 4.69) is 10.6 Å². The molecule has 0 atom stereocenters. The summed E-state index contributed by atoms with van der Waals surface area (Å²) in [5, 5.41) is 5.60. The minimum Gasteiger partial charge on any atom is -0.484 e. The second-order valence-electron chi connectivity index (χ2n) is 5.99. The second kappa shape index (κ2) is 7.79. The molecule has 0 heterocycles. The van der Waals surface area contributed by atoms with Crippen LogP contribution in [0.2, 0.25) is 0 Å². The van der Waals surface area contributed by atoms with Gasteiger partial charge in [-0.1, -0.05) is 18.2 Å². The molecule has 1 fully saturated rings. The van der Waals surface area contributed by atoms with Gasteiger partial charge >= 0.3 is 0 Å². The Kier molecular flexibility index (Phi) is 5.28. The maximum Gasteiger partial charge on any atom is 0.258 e. The molecule has 5 nitrogen and oxygen atoms in total. The lowest BCUT2D eigenvalue weighted by atomic mass is 10.2. The predicted molar refractivity (Wildman–Crippen MR) is 91.5 cm³/mol. The summed E-state index contributed by atoms with van der Waals surface area (Å²) >= 11 is 0. The second-order valence-corrected chi connectivity index (χ2v) is 5.99. The fourth-order valence-corrected chi connectivity index (χ4v) is 2.31. The Balaban J connectivity index is 1.45. The Hall–Kier alpha value is -2.89. The monoisotopic (exact) mass is 342 g/mol. The van der Waals surface area contributed by atoms with Crippen LogP contribution in [0.15, 0.2) is 48.5 Å². The predicted octanol–water partition coefficient (Wildman–Crippen LogP) is 2.87. The first-order valence-corrected chi connectivity index (χ1v) is 8.15. The van der Waals surface area contributed by atoms with Crippen LogP contribution in [0.3, 0.4) is 0 Å². The fraction of sp³-hybridized carbons (Fsp3) is 0.263. The van der Waals surface area contributed by atoms with Crippen molar-refractivity contribution < 1.29 is 18.7 Å². The maximum atomic E-state index is 13.0. The highest BCUT2D eigenvalue weighted by atomic mass is 19.1. The van der Waals surface area contributed by atoms with E-state index < -0.39 is 5.82 Å². The fourth-order valence-electron chi connectivity index (χ4n) is 2.31. The molecule has 130 valence electrons. The number of carbonyl (C=O) groups excluding carboxylic acids is 2. The molecule has 2 aromatic carbocycles. The van der Waals surface area contributed by atoms with Gasteiger partial charge in [0.1, 0.15) is 11.6 Å². The molecule has 3 rings (SSSR count). The van der Waals surface area contributed by atoms with Crippen molar-refractivity contribution in [3.05, 3.63) is 59.9 Å². The summed E-state index contributed by atoms with van der Waals surface area (Å²) in [5.41, 5.74) is 1.59. The minimum atomic E-state index is -0.414. The number of amides is 2. The summed E-state index contributed by atoms with van der Waals surface area (Å²) in [7, 11) is 0. The van der Waals surface area contributed by atoms with Crippen molar-refractivity contribution in [2.75, 3.05) is 11.9 Å². The molecular formula is C19H19FN2O3. The number of anilines is 1. The van der Waals surface area contributed by atoms with Gasteiger partial charge in [0.15, 0.2) is 6.61 Å². The van der Waals surface area contributed by atoms with Gasteiger partial charge in [-0.25, -0.2) is 4.39 Å². The number of rotatable bonds is 7. The van der Waals surface area contributed by atoms with Crippen molar-refractivity contribution in [2.24, 2.45) is 5.92 Å². The molecule has 0 unspecified atom stereocenters. The van der Waals surface area contributed by atoms with Crippen LogP contribution in [-0.2, 0) is 16.1 Å². The van der Waals surface area contributed by atoms with Gasteiger partial charge in [-0.05, 0) is 42.7 Å². The van der Waals surface area contributed by atoms with E-state index in [9.17, 15) is 14.0 Å². The van der Waals surface area contributed by atoms with Crippen molar-refractivity contribution in [3.8, 4) is 5.75 Å². The van der Waals surface area contributed by atoms with Crippen molar-refractivity contribution >= 4 is 17.5 Å². The number of ether oxygens (including phenoxy) is 1. The zero-order chi connectivity index (χ0) is 17.6. The van der Waals surface area contributed by atoms with Gasteiger partial charge in [0.05, 0.1) is 0 Å². The van der Waals surface area contributed by atoms with Gasteiger partial charge in [0.25, 0.3) is 5.91 Å². The van der Waals surface area contributed by atoms with Crippen LogP contribution in [0.25, 0.3) is 0 Å². The van der Waals surface area contributed by atoms with Gasteiger partial charge in [-0.2, -0.15) is 0 Å². The molecule has 0 aliphatic heterocycles. The lowest BCUT2D eigenvalue weighted by molar-refractivity contribution is -0.123. The summed E-state index contributed by atoms with van der Waals surface area (Å²) in [4.78, 5) is 23.6. The molecule has 0 bridgehead atoms. The Labute approximate surface area is 145 Å². The van der Waals surface area contributed by atoms with E-state index in [0.29, 0.717) is 12.3 Å². The number of carbonyl (C=O) groups is 2. The maximum absolute atomic E-state index is 13.0. The first kappa shape index (κ1) is 17.0. The van der Waals surface area contributed by atoms with Crippen LogP contribution in [0.5, 0.6) is 5.75 Å². The Morgan fingerprint density at radius 3 is 2.68 bits per heavy atom. The van der Waals surface area contributed by atoms with Gasteiger partial charge in [0, 0.05) is 24.2 Å². The number of nitrogens with one attached hydrogen (secondary N) is 2. The molecule has 1 aliphatic carbocycles. The summed E-state index contributed by atoms with van der Waals surface area (Å²) in [6.07, 6.45) is 1.90. The smallest absolute Gasteiger partial charge is 0.258 e. The van der Waals surface area contributed by atoms with E-state index in [1.807, 2.05) is 24.3 Å². The van der Waals surface area contributed by atoms with Gasteiger partial charge < -0.3 is 15.4 Å². The SMILES string of the molecule is O=C(COc1cccc(F)c1)NCc1cccc(NC(=O)C2CC2)c1. The van der Waals surface area contributed by atoms with Crippen LogP contribution in [0, 0.1) is 11.7 Å². The third-order valence-electron chi connectivity index (χ3n) is 3.80. The van der Waals surface area contributed by atoms with Crippen molar-refractivity contribution in [1.82, 2.24) is 5.32 Å². The van der Waals surface area contributed by atoms with E-state index in [4.69, 9.17) is 4.74 Å². The van der Waals surface area contributed by atoms with E-state index in [-0.39, 0.29) is 24.3 Å². The van der Waals surface area contributed by atoms with Crippen LogP contribution >= 0.6 is 0 Å². The molecule has 0 aromatic heterocycles. The quantitative estimate of drug-likeness (QED) is 0.813. The average Bonchev–Trinajstić information content (AvgIpc) is 3.44. The molecule has 2 aromatic rings. The number of benzene rings is 2. The molecule has 0 radical (unpaired) electrons. The molecule has 2 N–H and O–H groups in total. The highest BCUT2D eigenvalue weighted by Gasteiger charge is 2.29. The lowest BCUT2D eigenvalue weighted by Crippen LogP contribution is -2.28. The molecule has 1 aliphatic rings. The molecule has 0 spiro atoms. The third kappa shape index (κ3) is 5.31. The summed E-state index contributed by atoms with van der Waals surface area (Å²) in [6.45, 7) is 0.125. The first-order valence-electron chi connectivity index (χ1n) is 8.15. The van der Waals surface area contributed by atoms with Crippen molar-refractivity contribution in [3.63, 3.8) is 0 Å². The van der Waals surface area contributed by atoms with E-state index in [0.717, 1.165) is 24.1 Å². The van der Waals surface area contributed by atoms with Gasteiger partial charge in [0.2, 0.25) is 5.91 Å². The standard InChI is InChI=1S/C19H19FN2O3/c20-15-4-2-6-17(10-15)25-12-18(23)21-11-13-3-1-5-16(9-13)22-19(24)14-7-8-14/h1-6,9-10,14H,7-8,11-12H2,(H,21,23)(H,22,24). The summed E-state index contributed by atoms with van der Waals surface area (Å²) in [5.74, 6) is -0.229. The molecule has 1 saturated carbocycles. The zero-order valence-corrected chi connectivity index (χ0v) is 13.6. The van der Waals surface area contributed by atoms with E-state index in [1.54, 1.807) is 6.07 Å². The molecule has 25 heavy (non-hydrogen) atoms. The Bertz CT molecular complexity index is 775. The molecular weight excluding hydrogens is 323 g/mol. The number of hydrogen-bond acceptors (Lipinski definition) is 3. The zero-order valence-electron chi connectivity index (χ0n) is 13.6. The number of halogens is 1. The van der Waals surface area contributed by atoms with Crippen LogP contribution in [-0.4, -0.2) is 18.4 Å². The van der Waals surface area contributed by atoms with Crippen LogP contribution in [0.4, 0.5) is 10.1 Å². The highest BCUT2D eigenvalue weighted by Crippen LogP contribution is 2.30. The van der Waals surface area contributed by atoms with Crippen LogP contribution < -0.4 is 15.4 Å². The Morgan fingerprint density at radius 2 is 1.92 bits per heavy atom. The average molecular weight is 342 g/mol. The van der Waals surface area contributed by atoms with Crippen molar-refractivity contribution in [2.45, 2.75) is 19.4 Å². The number of hydrogen-bond donors (Lipinski definition) is 2. The molecule has 6 heteroatoms. The van der Waals surface area contributed by atoms with E-state index in [1.165, 1.54) is 18.2 Å². The summed E-state index contributed by atoms with van der Waals surface area (Å²) in [6, 6.07) is 13.0. The van der Waals surface area contributed by atoms with Crippen LogP contribution in [0.1, 0.15) is 18.4 Å². The largest absolute Gasteiger partial charge is 0.484 e. The van der Waals surface area contributed by atoms with Gasteiger partial charge in [-0.15, -0.1) is 0 Å².